The van der Waals surface area contributed by atoms with Gasteiger partial charge in [-0.25, -0.2) is 19.9 Å². The highest BCUT2D eigenvalue weighted by Gasteiger charge is 2.17. The molecule has 0 saturated heterocycles. The Hall–Kier alpha value is -6.45. The number of aliphatic hydroxyl groups is 2. The number of hydrogen-bond acceptors (Lipinski definition) is 15. The predicted molar refractivity (Wildman–Crippen MR) is 280 cm³/mol. The van der Waals surface area contributed by atoms with Crippen LogP contribution in [0.3, 0.4) is 0 Å². The van der Waals surface area contributed by atoms with Gasteiger partial charge in [-0.3, -0.25) is 9.48 Å². The summed E-state index contributed by atoms with van der Waals surface area (Å²) in [6, 6.07) is 21.3. The first-order valence-electron chi connectivity index (χ1n) is 24.6. The largest absolute Gasteiger partial charge is 0.491 e. The Kier molecular flexibility index (Phi) is 24.2. The van der Waals surface area contributed by atoms with Crippen molar-refractivity contribution in [2.24, 2.45) is 5.92 Å². The molecular formula is C53H76N12O5. The smallest absolute Gasteiger partial charge is 0.219 e. The molecule has 1 aliphatic carbocycles. The fourth-order valence-electron chi connectivity index (χ4n) is 7.39. The number of carbonyl (C=O) groups excluding carboxylic acids is 1. The van der Waals surface area contributed by atoms with Crippen molar-refractivity contribution in [1.29, 1.82) is 5.26 Å². The Bertz CT molecular complexity index is 2420. The normalized spacial score (nSPS) is 12.6. The molecule has 17 heteroatoms. The van der Waals surface area contributed by atoms with Crippen LogP contribution in [0.2, 0.25) is 0 Å². The summed E-state index contributed by atoms with van der Waals surface area (Å²) in [6.07, 6.45) is 9.36. The first-order valence-corrected chi connectivity index (χ1v) is 24.6. The summed E-state index contributed by atoms with van der Waals surface area (Å²) in [5.41, 5.74) is 5.52. The number of nitrogens with zero attached hydrogens (tertiary/aromatic N) is 9. The van der Waals surface area contributed by atoms with Gasteiger partial charge in [0.15, 0.2) is 11.6 Å². The predicted octanol–water partition coefficient (Wildman–Crippen LogP) is 7.34. The van der Waals surface area contributed by atoms with Crippen LogP contribution in [0.1, 0.15) is 79.3 Å². The first-order chi connectivity index (χ1) is 33.9. The third-order valence-corrected chi connectivity index (χ3v) is 10.9. The second-order valence-corrected chi connectivity index (χ2v) is 17.2. The molecule has 2 atom stereocenters. The SMILES string of the molecule is CC.CCN(CCCNc1cc(C2=CCCC2)nc(-c2cccc(OCC(O)CNC)c2)n1)C(C)=O.CNCC(O)COc1cccc(-c2nc(-c3cnn(CC(C)C)c3)cc(N(C)CCC#N)n2)c1. The Balaban J connectivity index is 0.000000294. The maximum absolute atomic E-state index is 11.6. The monoisotopic (exact) mass is 961 g/mol. The van der Waals surface area contributed by atoms with Crippen LogP contribution in [-0.4, -0.2) is 137 Å². The summed E-state index contributed by atoms with van der Waals surface area (Å²) < 4.78 is 13.5. The second kappa shape index (κ2) is 30.2. The summed E-state index contributed by atoms with van der Waals surface area (Å²) in [5.74, 6) is 4.56. The molecule has 378 valence electrons. The summed E-state index contributed by atoms with van der Waals surface area (Å²) in [5, 5.41) is 42.6. The number of aromatic nitrogens is 6. The molecule has 5 N–H and O–H groups in total. The van der Waals surface area contributed by atoms with Crippen LogP contribution in [0.25, 0.3) is 39.6 Å². The lowest BCUT2D eigenvalue weighted by atomic mass is 10.1. The standard InChI is InChI=1S/C26H37N5O3.C25H33N7O2.C2H6/c1-4-31(19(2)32)14-8-13-28-25-16-24(20-9-5-6-10-20)29-26(30-25)21-11-7-12-23(15-21)34-18-22(33)17-27-3;1-18(2)15-32-16-20(13-28-32)23-12-24(31(4)10-6-9-26)30-25(29-23)19-7-5-8-22(11-19)34-17-21(33)14-27-3;1-2/h7,9,11-12,15-16,22,27,33H,4-6,8,10,13-14,17-18H2,1-3H3,(H,28,29,30);5,7-8,11-13,16,18,21,27,33H,6,10,14-15,17H2,1-4H3;1-2H3. The van der Waals surface area contributed by atoms with Gasteiger partial charge in [0.05, 0.1) is 30.1 Å². The lowest BCUT2D eigenvalue weighted by molar-refractivity contribution is -0.128. The van der Waals surface area contributed by atoms with Gasteiger partial charge in [0.1, 0.15) is 48.6 Å². The van der Waals surface area contributed by atoms with E-state index in [-0.39, 0.29) is 19.1 Å². The van der Waals surface area contributed by atoms with Crippen LogP contribution >= 0.6 is 0 Å². The van der Waals surface area contributed by atoms with Crippen LogP contribution in [0.4, 0.5) is 11.6 Å². The van der Waals surface area contributed by atoms with E-state index in [1.165, 1.54) is 5.57 Å². The Morgan fingerprint density at radius 1 is 0.871 bits per heavy atom. The molecule has 6 rings (SSSR count). The Labute approximate surface area is 415 Å². The van der Waals surface area contributed by atoms with Gasteiger partial charge in [0.25, 0.3) is 0 Å². The Morgan fingerprint density at radius 3 is 2.06 bits per heavy atom. The number of nitrogens with one attached hydrogen (secondary N) is 3. The summed E-state index contributed by atoms with van der Waals surface area (Å²) in [6.45, 7) is 16.7. The fraction of sp³-hybridized carbons (Fsp3) is 0.491. The minimum atomic E-state index is -0.601. The number of carbonyl (C=O) groups is 1. The molecule has 0 aliphatic heterocycles. The molecular weight excluding hydrogens is 885 g/mol. The fourth-order valence-corrected chi connectivity index (χ4v) is 7.39. The highest BCUT2D eigenvalue weighted by atomic mass is 16.5. The number of likely N-dealkylation sites (N-methyl/N-ethyl adjacent to an activating group) is 2. The van der Waals surface area contributed by atoms with E-state index in [0.717, 1.165) is 78.5 Å². The molecule has 0 spiro atoms. The van der Waals surface area contributed by atoms with Crippen molar-refractivity contribution in [2.45, 2.75) is 92.4 Å². The number of rotatable bonds is 25. The number of aliphatic hydroxyl groups excluding tert-OH is 2. The van der Waals surface area contributed by atoms with Gasteiger partial charge in [0.2, 0.25) is 5.91 Å². The van der Waals surface area contributed by atoms with E-state index in [4.69, 9.17) is 34.7 Å². The third kappa shape index (κ3) is 18.5. The number of nitriles is 1. The third-order valence-electron chi connectivity index (χ3n) is 10.9. The van der Waals surface area contributed by atoms with Crippen molar-refractivity contribution < 1.29 is 24.5 Å². The average molecular weight is 961 g/mol. The van der Waals surface area contributed by atoms with Crippen LogP contribution in [0.15, 0.2) is 79.1 Å². The molecule has 0 bridgehead atoms. The molecule has 1 aliphatic rings. The van der Waals surface area contributed by atoms with E-state index < -0.39 is 12.2 Å². The van der Waals surface area contributed by atoms with Gasteiger partial charge >= 0.3 is 0 Å². The molecule has 0 fully saturated rings. The number of hydrogen-bond donors (Lipinski definition) is 5. The van der Waals surface area contributed by atoms with E-state index in [0.29, 0.717) is 68.2 Å². The van der Waals surface area contributed by atoms with Crippen molar-refractivity contribution in [1.82, 2.24) is 45.2 Å². The molecule has 0 saturated carbocycles. The zero-order valence-corrected chi connectivity index (χ0v) is 42.8. The zero-order chi connectivity index (χ0) is 50.8. The molecule has 3 aromatic heterocycles. The molecule has 3 heterocycles. The van der Waals surface area contributed by atoms with Gasteiger partial charge in [-0.05, 0) is 82.5 Å². The molecule has 1 amide bonds. The summed E-state index contributed by atoms with van der Waals surface area (Å²) in [4.78, 5) is 34.6. The maximum atomic E-state index is 11.6. The second-order valence-electron chi connectivity index (χ2n) is 17.2. The lowest BCUT2D eigenvalue weighted by Crippen LogP contribution is -2.30. The van der Waals surface area contributed by atoms with Crippen LogP contribution in [0, 0.1) is 17.2 Å². The molecule has 0 radical (unpaired) electrons. The average Bonchev–Trinajstić information content (AvgIpc) is 4.09. The number of anilines is 2. The minimum absolute atomic E-state index is 0.0999. The summed E-state index contributed by atoms with van der Waals surface area (Å²) in [7, 11) is 5.49. The van der Waals surface area contributed by atoms with E-state index in [9.17, 15) is 15.0 Å². The van der Waals surface area contributed by atoms with Crippen LogP contribution in [-0.2, 0) is 11.3 Å². The van der Waals surface area contributed by atoms with Gasteiger partial charge in [0, 0.05) is 94.8 Å². The van der Waals surface area contributed by atoms with E-state index in [2.05, 4.69) is 47.0 Å². The van der Waals surface area contributed by atoms with Gasteiger partial charge < -0.3 is 45.4 Å². The van der Waals surface area contributed by atoms with Crippen molar-refractivity contribution in [2.75, 3.05) is 83.8 Å². The van der Waals surface area contributed by atoms with Crippen molar-refractivity contribution >= 4 is 23.1 Å². The highest BCUT2D eigenvalue weighted by molar-refractivity contribution is 5.73. The molecule has 17 nitrogen and oxygen atoms in total. The van der Waals surface area contributed by atoms with Crippen molar-refractivity contribution in [3.8, 4) is 51.6 Å². The number of ether oxygens (including phenoxy) is 2. The van der Waals surface area contributed by atoms with Crippen molar-refractivity contribution in [3.63, 3.8) is 0 Å². The maximum Gasteiger partial charge on any atom is 0.219 e. The van der Waals surface area contributed by atoms with E-state index in [1.807, 2.05) is 115 Å². The Morgan fingerprint density at radius 2 is 1.50 bits per heavy atom. The number of amides is 1. The van der Waals surface area contributed by atoms with Gasteiger partial charge in [-0.1, -0.05) is 58.0 Å². The molecule has 70 heavy (non-hydrogen) atoms. The topological polar surface area (TPSA) is 212 Å². The van der Waals surface area contributed by atoms with Crippen molar-refractivity contribution in [3.05, 3.63) is 84.8 Å². The molecule has 2 unspecified atom stereocenters. The van der Waals surface area contributed by atoms with Crippen LogP contribution < -0.4 is 30.3 Å². The van der Waals surface area contributed by atoms with Gasteiger partial charge in [-0.2, -0.15) is 10.4 Å². The van der Waals surface area contributed by atoms with E-state index in [1.54, 1.807) is 21.0 Å². The number of benzene rings is 2. The summed E-state index contributed by atoms with van der Waals surface area (Å²) >= 11 is 0. The first kappa shape index (κ1) is 56.1. The molecule has 5 aromatic rings. The van der Waals surface area contributed by atoms with Crippen LogP contribution in [0.5, 0.6) is 11.5 Å². The molecule has 2 aromatic carbocycles. The lowest BCUT2D eigenvalue weighted by Gasteiger charge is -2.19. The number of allylic oxidation sites excluding steroid dienone is 2. The quantitative estimate of drug-likeness (QED) is 0.0362. The van der Waals surface area contributed by atoms with Gasteiger partial charge in [-0.15, -0.1) is 0 Å². The highest BCUT2D eigenvalue weighted by Crippen LogP contribution is 2.31. The zero-order valence-electron chi connectivity index (χ0n) is 42.8. The van der Waals surface area contributed by atoms with E-state index >= 15 is 0 Å². The minimum Gasteiger partial charge on any atom is -0.491 e.